The van der Waals surface area contributed by atoms with Gasteiger partial charge in [-0.2, -0.15) is 0 Å². The third kappa shape index (κ3) is 4.39. The number of carbonyl (C=O) groups excluding carboxylic acids is 1. The van der Waals surface area contributed by atoms with Gasteiger partial charge in [-0.25, -0.2) is 0 Å². The molecule has 1 aliphatic heterocycles. The number of ether oxygens (including phenoxy) is 1. The number of rotatable bonds is 5. The maximum Gasteiger partial charge on any atom is 0.292 e. The molecule has 0 aliphatic carbocycles. The highest BCUT2D eigenvalue weighted by molar-refractivity contribution is 5.91. The standard InChI is InChI=1S/C19H25N3O3/c1-21(14-15-7-4-3-5-8-15)16-9-6-11-22(12-10-16)19(23)17-13-18(24-2)20-25-17/h3-5,7-8,13,16H,6,9-12,14H2,1-2H3/t16-/m0/s1. The molecular formula is C19H25N3O3. The SMILES string of the molecule is COc1cc(C(=O)N2CCC[C@H](N(C)Cc3ccccc3)CC2)on1. The number of amides is 1. The van der Waals surface area contributed by atoms with E-state index in [1.165, 1.54) is 12.7 Å². The largest absolute Gasteiger partial charge is 0.479 e. The molecule has 0 spiro atoms. The molecule has 1 atom stereocenters. The molecule has 0 bridgehead atoms. The summed E-state index contributed by atoms with van der Waals surface area (Å²) in [7, 11) is 3.67. The molecule has 1 aromatic carbocycles. The molecule has 1 amide bonds. The van der Waals surface area contributed by atoms with Crippen molar-refractivity contribution in [2.75, 3.05) is 27.2 Å². The van der Waals surface area contributed by atoms with Crippen molar-refractivity contribution in [3.63, 3.8) is 0 Å². The van der Waals surface area contributed by atoms with Crippen LogP contribution in [0.25, 0.3) is 0 Å². The summed E-state index contributed by atoms with van der Waals surface area (Å²) in [5, 5.41) is 3.71. The van der Waals surface area contributed by atoms with Crippen LogP contribution in [0.4, 0.5) is 0 Å². The van der Waals surface area contributed by atoms with E-state index in [2.05, 4.69) is 41.4 Å². The van der Waals surface area contributed by atoms with Crippen LogP contribution in [0.5, 0.6) is 5.88 Å². The quantitative estimate of drug-likeness (QED) is 0.835. The summed E-state index contributed by atoms with van der Waals surface area (Å²) < 4.78 is 10.1. The summed E-state index contributed by atoms with van der Waals surface area (Å²) in [5.74, 6) is 0.466. The van der Waals surface area contributed by atoms with Crippen molar-refractivity contribution in [1.29, 1.82) is 0 Å². The molecule has 1 fully saturated rings. The van der Waals surface area contributed by atoms with Gasteiger partial charge in [0.2, 0.25) is 5.76 Å². The first-order valence-electron chi connectivity index (χ1n) is 8.71. The smallest absolute Gasteiger partial charge is 0.292 e. The monoisotopic (exact) mass is 343 g/mol. The second-order valence-corrected chi connectivity index (χ2v) is 6.51. The fourth-order valence-electron chi connectivity index (χ4n) is 3.33. The Morgan fingerprint density at radius 1 is 1.32 bits per heavy atom. The fourth-order valence-corrected chi connectivity index (χ4v) is 3.33. The molecule has 2 aromatic rings. The summed E-state index contributed by atoms with van der Waals surface area (Å²) in [6.07, 6.45) is 3.04. The van der Waals surface area contributed by atoms with E-state index in [0.717, 1.165) is 38.9 Å². The Kier molecular flexibility index (Phi) is 5.71. The van der Waals surface area contributed by atoms with Gasteiger partial charge in [0, 0.05) is 25.7 Å². The number of benzene rings is 1. The average Bonchev–Trinajstić information content (AvgIpc) is 2.98. The van der Waals surface area contributed by atoms with Crippen molar-refractivity contribution in [3.05, 3.63) is 47.7 Å². The Morgan fingerprint density at radius 3 is 2.84 bits per heavy atom. The minimum atomic E-state index is -0.109. The number of nitrogens with zero attached hydrogens (tertiary/aromatic N) is 3. The lowest BCUT2D eigenvalue weighted by atomic mass is 10.1. The molecule has 2 heterocycles. The highest BCUT2D eigenvalue weighted by Crippen LogP contribution is 2.20. The Morgan fingerprint density at radius 2 is 2.12 bits per heavy atom. The minimum absolute atomic E-state index is 0.109. The second-order valence-electron chi connectivity index (χ2n) is 6.51. The van der Waals surface area contributed by atoms with Crippen LogP contribution in [0.1, 0.15) is 35.4 Å². The lowest BCUT2D eigenvalue weighted by Crippen LogP contribution is -2.34. The molecule has 6 heteroatoms. The Balaban J connectivity index is 1.57. The van der Waals surface area contributed by atoms with E-state index in [1.807, 2.05) is 11.0 Å². The van der Waals surface area contributed by atoms with E-state index in [1.54, 1.807) is 6.07 Å². The zero-order chi connectivity index (χ0) is 17.6. The molecule has 0 N–H and O–H groups in total. The van der Waals surface area contributed by atoms with Gasteiger partial charge in [-0.05, 0) is 37.0 Å². The van der Waals surface area contributed by atoms with E-state index in [-0.39, 0.29) is 11.7 Å². The number of hydrogen-bond acceptors (Lipinski definition) is 5. The van der Waals surface area contributed by atoms with Gasteiger partial charge in [-0.1, -0.05) is 30.3 Å². The normalized spacial score (nSPS) is 18.2. The van der Waals surface area contributed by atoms with E-state index in [9.17, 15) is 4.79 Å². The molecule has 6 nitrogen and oxygen atoms in total. The van der Waals surface area contributed by atoms with Crippen molar-refractivity contribution in [2.24, 2.45) is 0 Å². The minimum Gasteiger partial charge on any atom is -0.479 e. The Hall–Kier alpha value is -2.34. The van der Waals surface area contributed by atoms with Crippen LogP contribution < -0.4 is 4.74 Å². The van der Waals surface area contributed by atoms with E-state index in [4.69, 9.17) is 9.26 Å². The summed E-state index contributed by atoms with van der Waals surface area (Å²) in [5.41, 5.74) is 1.32. The van der Waals surface area contributed by atoms with Crippen LogP contribution in [0.3, 0.4) is 0 Å². The molecule has 25 heavy (non-hydrogen) atoms. The van der Waals surface area contributed by atoms with Crippen molar-refractivity contribution in [1.82, 2.24) is 15.0 Å². The molecule has 0 unspecified atom stereocenters. The topological polar surface area (TPSA) is 58.8 Å². The van der Waals surface area contributed by atoms with Crippen LogP contribution in [-0.2, 0) is 6.54 Å². The van der Waals surface area contributed by atoms with Crippen molar-refractivity contribution in [3.8, 4) is 5.88 Å². The molecule has 0 radical (unpaired) electrons. The zero-order valence-corrected chi connectivity index (χ0v) is 14.9. The summed E-state index contributed by atoms with van der Waals surface area (Å²) >= 11 is 0. The summed E-state index contributed by atoms with van der Waals surface area (Å²) in [4.78, 5) is 16.8. The van der Waals surface area contributed by atoms with Crippen LogP contribution in [-0.4, -0.2) is 54.2 Å². The lowest BCUT2D eigenvalue weighted by Gasteiger charge is -2.27. The van der Waals surface area contributed by atoms with Gasteiger partial charge in [0.15, 0.2) is 0 Å². The number of likely N-dealkylation sites (tertiary alicyclic amines) is 1. The molecule has 3 rings (SSSR count). The fraction of sp³-hybridized carbons (Fsp3) is 0.474. The number of hydrogen-bond donors (Lipinski definition) is 0. The van der Waals surface area contributed by atoms with Gasteiger partial charge >= 0.3 is 0 Å². The van der Waals surface area contributed by atoms with Gasteiger partial charge in [0.1, 0.15) is 0 Å². The molecular weight excluding hydrogens is 318 g/mol. The van der Waals surface area contributed by atoms with E-state index < -0.39 is 0 Å². The second kappa shape index (κ2) is 8.16. The third-order valence-corrected chi connectivity index (χ3v) is 4.79. The average molecular weight is 343 g/mol. The van der Waals surface area contributed by atoms with Crippen molar-refractivity contribution in [2.45, 2.75) is 31.8 Å². The van der Waals surface area contributed by atoms with Crippen LogP contribution in [0, 0.1) is 0 Å². The van der Waals surface area contributed by atoms with Crippen molar-refractivity contribution < 1.29 is 14.1 Å². The maximum absolute atomic E-state index is 12.6. The van der Waals surface area contributed by atoms with Crippen LogP contribution in [0.15, 0.2) is 40.9 Å². The van der Waals surface area contributed by atoms with E-state index >= 15 is 0 Å². The molecule has 1 aliphatic rings. The maximum atomic E-state index is 12.6. The van der Waals surface area contributed by atoms with Gasteiger partial charge in [0.05, 0.1) is 13.2 Å². The van der Waals surface area contributed by atoms with E-state index in [0.29, 0.717) is 11.9 Å². The first-order valence-corrected chi connectivity index (χ1v) is 8.71. The van der Waals surface area contributed by atoms with Crippen LogP contribution in [0.2, 0.25) is 0 Å². The first kappa shape index (κ1) is 17.5. The predicted octanol–water partition coefficient (Wildman–Crippen LogP) is 2.81. The lowest BCUT2D eigenvalue weighted by molar-refractivity contribution is 0.0715. The highest BCUT2D eigenvalue weighted by Gasteiger charge is 2.26. The molecule has 1 saturated heterocycles. The predicted molar refractivity (Wildman–Crippen MR) is 94.5 cm³/mol. The molecule has 1 aromatic heterocycles. The zero-order valence-electron chi connectivity index (χ0n) is 14.9. The molecule has 0 saturated carbocycles. The Labute approximate surface area is 148 Å². The van der Waals surface area contributed by atoms with Crippen LogP contribution >= 0.6 is 0 Å². The van der Waals surface area contributed by atoms with Gasteiger partial charge in [0.25, 0.3) is 11.8 Å². The highest BCUT2D eigenvalue weighted by atomic mass is 16.5. The van der Waals surface area contributed by atoms with Gasteiger partial charge in [-0.15, -0.1) is 0 Å². The molecule has 134 valence electrons. The van der Waals surface area contributed by atoms with Crippen molar-refractivity contribution >= 4 is 5.91 Å². The number of carbonyl (C=O) groups is 1. The van der Waals surface area contributed by atoms with Gasteiger partial charge in [-0.3, -0.25) is 9.69 Å². The number of methoxy groups -OCH3 is 1. The Bertz CT molecular complexity index is 686. The number of aromatic nitrogens is 1. The van der Waals surface area contributed by atoms with Gasteiger partial charge < -0.3 is 14.2 Å². The summed E-state index contributed by atoms with van der Waals surface area (Å²) in [6, 6.07) is 12.5. The summed E-state index contributed by atoms with van der Waals surface area (Å²) in [6.45, 7) is 2.40. The third-order valence-electron chi connectivity index (χ3n) is 4.79. The first-order chi connectivity index (χ1) is 12.2.